The first-order chi connectivity index (χ1) is 8.63. The third kappa shape index (κ3) is 5.52. The Morgan fingerprint density at radius 3 is 2.78 bits per heavy atom. The number of nitrogens with one attached hydrogen (secondary N) is 2. The van der Waals surface area contributed by atoms with E-state index >= 15 is 0 Å². The molecule has 0 aliphatic carbocycles. The normalized spacial score (nSPS) is 10.4. The fourth-order valence-electron chi connectivity index (χ4n) is 1.64. The van der Waals surface area contributed by atoms with E-state index < -0.39 is 0 Å². The molecule has 0 aliphatic heterocycles. The number of halogens is 1. The highest BCUT2D eigenvalue weighted by molar-refractivity contribution is 6.30. The zero-order valence-electron chi connectivity index (χ0n) is 11.1. The van der Waals surface area contributed by atoms with Gasteiger partial charge >= 0.3 is 0 Å². The number of benzene rings is 1. The summed E-state index contributed by atoms with van der Waals surface area (Å²) in [5.74, 6) is 0.108. The van der Waals surface area contributed by atoms with E-state index in [-0.39, 0.29) is 5.91 Å². The molecule has 0 heterocycles. The highest BCUT2D eigenvalue weighted by Gasteiger charge is 2.01. The quantitative estimate of drug-likeness (QED) is 0.747. The van der Waals surface area contributed by atoms with Crippen LogP contribution in [0.2, 0.25) is 5.02 Å². The predicted octanol–water partition coefficient (Wildman–Crippen LogP) is 2.65. The molecule has 1 aromatic rings. The maximum absolute atomic E-state index is 11.4. The molecule has 0 saturated heterocycles. The van der Waals surface area contributed by atoms with Gasteiger partial charge in [0.25, 0.3) is 0 Å². The van der Waals surface area contributed by atoms with E-state index in [1.165, 1.54) is 11.1 Å². The summed E-state index contributed by atoms with van der Waals surface area (Å²) in [5, 5.41) is 6.88. The third-order valence-electron chi connectivity index (χ3n) is 2.72. The topological polar surface area (TPSA) is 41.1 Å². The minimum absolute atomic E-state index is 0.108. The van der Waals surface area contributed by atoms with Gasteiger partial charge in [0.1, 0.15) is 0 Å². The SMILES string of the molecule is CCCNC(=O)CCNCc1ccc(Cl)cc1C. The van der Waals surface area contributed by atoms with Crippen LogP contribution in [0, 0.1) is 6.92 Å². The Hall–Kier alpha value is -1.06. The Kier molecular flexibility index (Phi) is 6.76. The van der Waals surface area contributed by atoms with Gasteiger partial charge in [-0.3, -0.25) is 4.79 Å². The molecule has 0 atom stereocenters. The molecular formula is C14H21ClN2O. The van der Waals surface area contributed by atoms with Crippen LogP contribution in [-0.2, 0) is 11.3 Å². The van der Waals surface area contributed by atoms with Crippen molar-refractivity contribution in [3.8, 4) is 0 Å². The second-order valence-electron chi connectivity index (χ2n) is 4.35. The van der Waals surface area contributed by atoms with Gasteiger partial charge in [-0.1, -0.05) is 24.6 Å². The molecule has 0 unspecified atom stereocenters. The van der Waals surface area contributed by atoms with Crippen LogP contribution in [0.25, 0.3) is 0 Å². The van der Waals surface area contributed by atoms with Crippen LogP contribution in [0.15, 0.2) is 18.2 Å². The third-order valence-corrected chi connectivity index (χ3v) is 2.96. The molecule has 0 spiro atoms. The van der Waals surface area contributed by atoms with Gasteiger partial charge in [-0.15, -0.1) is 0 Å². The van der Waals surface area contributed by atoms with Crippen molar-refractivity contribution in [1.82, 2.24) is 10.6 Å². The average molecular weight is 269 g/mol. The Balaban J connectivity index is 2.23. The number of carbonyl (C=O) groups is 1. The lowest BCUT2D eigenvalue weighted by Gasteiger charge is -2.08. The van der Waals surface area contributed by atoms with E-state index in [0.29, 0.717) is 13.0 Å². The van der Waals surface area contributed by atoms with Crippen molar-refractivity contribution in [3.05, 3.63) is 34.3 Å². The van der Waals surface area contributed by atoms with Crippen molar-refractivity contribution in [2.75, 3.05) is 13.1 Å². The molecule has 1 aromatic carbocycles. The molecular weight excluding hydrogens is 248 g/mol. The van der Waals surface area contributed by atoms with Crippen LogP contribution >= 0.6 is 11.6 Å². The summed E-state index contributed by atoms with van der Waals surface area (Å²) in [6.07, 6.45) is 1.50. The molecule has 0 fully saturated rings. The first-order valence-electron chi connectivity index (χ1n) is 6.36. The Morgan fingerprint density at radius 1 is 1.33 bits per heavy atom. The average Bonchev–Trinajstić information content (AvgIpc) is 2.34. The molecule has 0 aromatic heterocycles. The molecule has 4 heteroatoms. The van der Waals surface area contributed by atoms with Gasteiger partial charge in [0, 0.05) is 31.1 Å². The molecule has 0 aliphatic rings. The molecule has 18 heavy (non-hydrogen) atoms. The number of hydrogen-bond donors (Lipinski definition) is 2. The zero-order chi connectivity index (χ0) is 13.4. The maximum atomic E-state index is 11.4. The first kappa shape index (κ1) is 15.0. The second-order valence-corrected chi connectivity index (χ2v) is 4.78. The summed E-state index contributed by atoms with van der Waals surface area (Å²) in [6.45, 7) is 6.30. The minimum atomic E-state index is 0.108. The molecule has 2 N–H and O–H groups in total. The summed E-state index contributed by atoms with van der Waals surface area (Å²) in [7, 11) is 0. The van der Waals surface area contributed by atoms with Crippen LogP contribution in [0.1, 0.15) is 30.9 Å². The number of amides is 1. The van der Waals surface area contributed by atoms with E-state index in [0.717, 1.165) is 24.5 Å². The molecule has 0 saturated carbocycles. The molecule has 0 bridgehead atoms. The monoisotopic (exact) mass is 268 g/mol. The van der Waals surface area contributed by atoms with E-state index in [1.807, 2.05) is 32.0 Å². The lowest BCUT2D eigenvalue weighted by Crippen LogP contribution is -2.28. The van der Waals surface area contributed by atoms with Crippen molar-refractivity contribution in [3.63, 3.8) is 0 Å². The van der Waals surface area contributed by atoms with Gasteiger partial charge in [0.05, 0.1) is 0 Å². The largest absolute Gasteiger partial charge is 0.356 e. The Morgan fingerprint density at radius 2 is 2.11 bits per heavy atom. The van der Waals surface area contributed by atoms with Crippen LogP contribution < -0.4 is 10.6 Å². The van der Waals surface area contributed by atoms with E-state index in [1.54, 1.807) is 0 Å². The van der Waals surface area contributed by atoms with E-state index in [2.05, 4.69) is 10.6 Å². The fourth-order valence-corrected chi connectivity index (χ4v) is 1.86. The summed E-state index contributed by atoms with van der Waals surface area (Å²) in [4.78, 5) is 11.4. The lowest BCUT2D eigenvalue weighted by molar-refractivity contribution is -0.120. The van der Waals surface area contributed by atoms with Gasteiger partial charge in [-0.25, -0.2) is 0 Å². The van der Waals surface area contributed by atoms with Crippen molar-refractivity contribution in [1.29, 1.82) is 0 Å². The van der Waals surface area contributed by atoms with Gasteiger partial charge in [-0.05, 0) is 36.6 Å². The molecule has 1 amide bonds. The van der Waals surface area contributed by atoms with Gasteiger partial charge < -0.3 is 10.6 Å². The van der Waals surface area contributed by atoms with Crippen LogP contribution in [-0.4, -0.2) is 19.0 Å². The van der Waals surface area contributed by atoms with Gasteiger partial charge in [0.15, 0.2) is 0 Å². The minimum Gasteiger partial charge on any atom is -0.356 e. The van der Waals surface area contributed by atoms with Crippen LogP contribution in [0.3, 0.4) is 0 Å². The Labute approximate surface area is 114 Å². The maximum Gasteiger partial charge on any atom is 0.221 e. The van der Waals surface area contributed by atoms with Gasteiger partial charge in [0.2, 0.25) is 5.91 Å². The standard InChI is InChI=1S/C14H21ClN2O/c1-3-7-17-14(18)6-8-16-10-12-4-5-13(15)9-11(12)2/h4-5,9,16H,3,6-8,10H2,1-2H3,(H,17,18). The van der Waals surface area contributed by atoms with Crippen molar-refractivity contribution < 1.29 is 4.79 Å². The first-order valence-corrected chi connectivity index (χ1v) is 6.73. The highest BCUT2D eigenvalue weighted by atomic mass is 35.5. The van der Waals surface area contributed by atoms with E-state index in [4.69, 9.17) is 11.6 Å². The summed E-state index contributed by atoms with van der Waals surface area (Å²) < 4.78 is 0. The molecule has 3 nitrogen and oxygen atoms in total. The van der Waals surface area contributed by atoms with Crippen LogP contribution in [0.5, 0.6) is 0 Å². The number of aryl methyl sites for hydroxylation is 1. The van der Waals surface area contributed by atoms with Crippen LogP contribution in [0.4, 0.5) is 0 Å². The lowest BCUT2D eigenvalue weighted by atomic mass is 10.1. The Bertz CT molecular complexity index is 393. The van der Waals surface area contributed by atoms with Crippen molar-refractivity contribution in [2.24, 2.45) is 0 Å². The zero-order valence-corrected chi connectivity index (χ0v) is 11.8. The van der Waals surface area contributed by atoms with Gasteiger partial charge in [-0.2, -0.15) is 0 Å². The summed E-state index contributed by atoms with van der Waals surface area (Å²) in [6, 6.07) is 5.86. The van der Waals surface area contributed by atoms with Crippen molar-refractivity contribution in [2.45, 2.75) is 33.2 Å². The summed E-state index contributed by atoms with van der Waals surface area (Å²) >= 11 is 5.89. The molecule has 1 rings (SSSR count). The highest BCUT2D eigenvalue weighted by Crippen LogP contribution is 2.14. The molecule has 100 valence electrons. The number of carbonyl (C=O) groups excluding carboxylic acids is 1. The van der Waals surface area contributed by atoms with Crippen molar-refractivity contribution >= 4 is 17.5 Å². The predicted molar refractivity (Wildman–Crippen MR) is 75.8 cm³/mol. The number of hydrogen-bond acceptors (Lipinski definition) is 2. The second kappa shape index (κ2) is 8.11. The smallest absolute Gasteiger partial charge is 0.221 e. The fraction of sp³-hybridized carbons (Fsp3) is 0.500. The van der Waals surface area contributed by atoms with E-state index in [9.17, 15) is 4.79 Å². The number of rotatable bonds is 7. The molecule has 0 radical (unpaired) electrons. The summed E-state index contributed by atoms with van der Waals surface area (Å²) in [5.41, 5.74) is 2.39.